The van der Waals surface area contributed by atoms with Crippen LogP contribution < -0.4 is 26.6 Å². The van der Waals surface area contributed by atoms with Crippen molar-refractivity contribution in [2.24, 2.45) is 11.6 Å². The SMILES string of the molecule is COc1cncc(/C(N)=C/N(N)c2cc(C(=O)Nc3cc(CN4CCOCC4)c(C)c(C(F)(F)F)c3)ccc2C)c1. The third kappa shape index (κ3) is 7.34. The predicted octanol–water partition coefficient (Wildman–Crippen LogP) is 4.45. The Balaban J connectivity index is 1.59. The van der Waals surface area contributed by atoms with E-state index in [0.29, 0.717) is 61.1 Å². The molecule has 0 atom stereocenters. The van der Waals surface area contributed by atoms with E-state index in [1.165, 1.54) is 25.2 Å². The average Bonchev–Trinajstić information content (AvgIpc) is 2.94. The fourth-order valence-electron chi connectivity index (χ4n) is 4.52. The molecular weight excluding hydrogens is 537 g/mol. The minimum atomic E-state index is -4.58. The second-order valence-electron chi connectivity index (χ2n) is 9.75. The zero-order valence-corrected chi connectivity index (χ0v) is 23.1. The molecule has 9 nitrogen and oxygen atoms in total. The van der Waals surface area contributed by atoms with Crippen molar-refractivity contribution in [3.63, 3.8) is 0 Å². The Morgan fingerprint density at radius 2 is 1.88 bits per heavy atom. The molecule has 4 rings (SSSR count). The van der Waals surface area contributed by atoms with Gasteiger partial charge in [0, 0.05) is 48.8 Å². The van der Waals surface area contributed by atoms with Gasteiger partial charge in [-0.25, -0.2) is 5.84 Å². The number of methoxy groups -OCH3 is 1. The third-order valence-corrected chi connectivity index (χ3v) is 6.89. The first-order valence-corrected chi connectivity index (χ1v) is 12.9. The number of nitrogens with zero attached hydrogens (tertiary/aromatic N) is 3. The summed E-state index contributed by atoms with van der Waals surface area (Å²) in [5.41, 5.74) is 8.42. The number of aromatic nitrogens is 1. The topological polar surface area (TPSA) is 119 Å². The van der Waals surface area contributed by atoms with Crippen LogP contribution in [0.5, 0.6) is 5.75 Å². The van der Waals surface area contributed by atoms with Crippen LogP contribution in [0, 0.1) is 13.8 Å². The molecule has 218 valence electrons. The predicted molar refractivity (Wildman–Crippen MR) is 151 cm³/mol. The molecule has 2 heterocycles. The van der Waals surface area contributed by atoms with Crippen molar-refractivity contribution >= 4 is 23.0 Å². The van der Waals surface area contributed by atoms with Crippen LogP contribution >= 0.6 is 0 Å². The van der Waals surface area contributed by atoms with Gasteiger partial charge in [0.2, 0.25) is 0 Å². The molecule has 12 heteroatoms. The number of hydrogen-bond donors (Lipinski definition) is 3. The molecule has 1 aromatic heterocycles. The number of nitrogens with one attached hydrogen (secondary N) is 1. The number of amides is 1. The van der Waals surface area contributed by atoms with Gasteiger partial charge in [0.1, 0.15) is 5.75 Å². The number of alkyl halides is 3. The van der Waals surface area contributed by atoms with Crippen molar-refractivity contribution in [3.05, 3.63) is 88.4 Å². The molecule has 0 unspecified atom stereocenters. The van der Waals surface area contributed by atoms with Gasteiger partial charge in [-0.3, -0.25) is 19.7 Å². The van der Waals surface area contributed by atoms with Gasteiger partial charge in [0.15, 0.2) is 0 Å². The van der Waals surface area contributed by atoms with Crippen LogP contribution in [0.25, 0.3) is 5.70 Å². The summed E-state index contributed by atoms with van der Waals surface area (Å²) in [4.78, 5) is 19.3. The maximum absolute atomic E-state index is 13.9. The first-order chi connectivity index (χ1) is 19.5. The van der Waals surface area contributed by atoms with Gasteiger partial charge in [-0.05, 0) is 60.9 Å². The van der Waals surface area contributed by atoms with E-state index in [1.54, 1.807) is 42.7 Å². The highest BCUT2D eigenvalue weighted by molar-refractivity contribution is 6.05. The summed E-state index contributed by atoms with van der Waals surface area (Å²) < 4.78 is 52.3. The summed E-state index contributed by atoms with van der Waals surface area (Å²) in [6.45, 7) is 5.85. The summed E-state index contributed by atoms with van der Waals surface area (Å²) in [7, 11) is 1.52. The van der Waals surface area contributed by atoms with E-state index in [4.69, 9.17) is 21.1 Å². The van der Waals surface area contributed by atoms with Crippen molar-refractivity contribution in [1.29, 1.82) is 0 Å². The third-order valence-electron chi connectivity index (χ3n) is 6.89. The quantitative estimate of drug-likeness (QED) is 0.269. The number of rotatable bonds is 8. The number of halogens is 3. The molecule has 3 aromatic rings. The van der Waals surface area contributed by atoms with E-state index >= 15 is 0 Å². The first-order valence-electron chi connectivity index (χ1n) is 12.9. The molecule has 0 bridgehead atoms. The fraction of sp³-hybridized carbons (Fsp3) is 0.310. The molecule has 0 saturated carbocycles. The molecule has 1 amide bonds. The van der Waals surface area contributed by atoms with E-state index in [1.807, 2.05) is 11.8 Å². The highest BCUT2D eigenvalue weighted by Crippen LogP contribution is 2.36. The molecular formula is C29H33F3N6O3. The monoisotopic (exact) mass is 570 g/mol. The van der Waals surface area contributed by atoms with Gasteiger partial charge in [-0.2, -0.15) is 13.2 Å². The van der Waals surface area contributed by atoms with Crippen LogP contribution in [0.1, 0.15) is 38.2 Å². The van der Waals surface area contributed by atoms with Gasteiger partial charge < -0.3 is 20.5 Å². The minimum absolute atomic E-state index is 0.0533. The van der Waals surface area contributed by atoms with Gasteiger partial charge in [-0.15, -0.1) is 0 Å². The molecule has 1 aliphatic rings. The number of pyridine rings is 1. The highest BCUT2D eigenvalue weighted by Gasteiger charge is 2.34. The second-order valence-corrected chi connectivity index (χ2v) is 9.75. The Bertz CT molecular complexity index is 1440. The van der Waals surface area contributed by atoms with Crippen molar-refractivity contribution in [3.8, 4) is 5.75 Å². The number of benzene rings is 2. The molecule has 41 heavy (non-hydrogen) atoms. The smallest absolute Gasteiger partial charge is 0.416 e. The van der Waals surface area contributed by atoms with E-state index in [9.17, 15) is 18.0 Å². The van der Waals surface area contributed by atoms with E-state index in [0.717, 1.165) is 11.6 Å². The minimum Gasteiger partial charge on any atom is -0.495 e. The Kier molecular flexibility index (Phi) is 9.16. The van der Waals surface area contributed by atoms with Crippen LogP contribution in [-0.4, -0.2) is 49.2 Å². The number of ether oxygens (including phenoxy) is 2. The molecule has 2 aromatic carbocycles. The van der Waals surface area contributed by atoms with Gasteiger partial charge in [0.05, 0.1) is 43.5 Å². The Hall–Kier alpha value is -4.13. The lowest BCUT2D eigenvalue weighted by molar-refractivity contribution is -0.138. The standard InChI is InChI=1S/C29H33F3N6O3/c1-18-4-5-20(12-27(18)38(34)17-26(33)21-11-24(40-3)15-35-14-21)28(39)36-23-10-22(16-37-6-8-41-9-7-37)19(2)25(13-23)29(30,31)32/h4-5,10-15,17H,6-9,16,33-34H2,1-3H3,(H,36,39)/b26-17-. The number of morpholine rings is 1. The molecule has 1 aliphatic heterocycles. The van der Waals surface area contributed by atoms with Crippen molar-refractivity contribution in [2.45, 2.75) is 26.6 Å². The van der Waals surface area contributed by atoms with Crippen molar-refractivity contribution in [2.75, 3.05) is 43.7 Å². The van der Waals surface area contributed by atoms with E-state index in [2.05, 4.69) is 10.3 Å². The maximum atomic E-state index is 13.9. The van der Waals surface area contributed by atoms with Crippen LogP contribution in [0.3, 0.4) is 0 Å². The lowest BCUT2D eigenvalue weighted by Gasteiger charge is -2.28. The number of hydrazine groups is 1. The summed E-state index contributed by atoms with van der Waals surface area (Å²) >= 11 is 0. The number of carbonyl (C=O) groups is 1. The Morgan fingerprint density at radius 3 is 2.56 bits per heavy atom. The van der Waals surface area contributed by atoms with Gasteiger partial charge >= 0.3 is 6.18 Å². The lowest BCUT2D eigenvalue weighted by Crippen LogP contribution is -2.36. The van der Waals surface area contributed by atoms with Crippen molar-refractivity contribution in [1.82, 2.24) is 9.88 Å². The maximum Gasteiger partial charge on any atom is 0.416 e. The molecule has 5 N–H and O–H groups in total. The zero-order valence-electron chi connectivity index (χ0n) is 23.1. The Morgan fingerprint density at radius 1 is 1.15 bits per heavy atom. The average molecular weight is 571 g/mol. The second kappa shape index (κ2) is 12.6. The highest BCUT2D eigenvalue weighted by atomic mass is 19.4. The fourth-order valence-corrected chi connectivity index (χ4v) is 4.52. The number of anilines is 2. The largest absolute Gasteiger partial charge is 0.495 e. The van der Waals surface area contributed by atoms with Gasteiger partial charge in [0.25, 0.3) is 5.91 Å². The molecule has 1 fully saturated rings. The zero-order chi connectivity index (χ0) is 29.7. The van der Waals surface area contributed by atoms with E-state index < -0.39 is 17.6 Å². The van der Waals surface area contributed by atoms with Crippen molar-refractivity contribution < 1.29 is 27.4 Å². The van der Waals surface area contributed by atoms with E-state index in [-0.39, 0.29) is 16.8 Å². The number of aryl methyl sites for hydroxylation is 1. The molecule has 0 spiro atoms. The summed E-state index contributed by atoms with van der Waals surface area (Å²) in [6.07, 6.45) is 0.00369. The lowest BCUT2D eigenvalue weighted by atomic mass is 9.99. The van der Waals surface area contributed by atoms with Crippen LogP contribution in [0.2, 0.25) is 0 Å². The molecule has 0 aliphatic carbocycles. The van der Waals surface area contributed by atoms with Crippen LogP contribution in [0.4, 0.5) is 24.5 Å². The van der Waals surface area contributed by atoms with Crippen LogP contribution in [0.15, 0.2) is 55.0 Å². The number of hydrogen-bond acceptors (Lipinski definition) is 8. The van der Waals surface area contributed by atoms with Crippen LogP contribution in [-0.2, 0) is 17.5 Å². The summed E-state index contributed by atoms with van der Waals surface area (Å²) in [5, 5.41) is 3.91. The first kappa shape index (κ1) is 29.8. The summed E-state index contributed by atoms with van der Waals surface area (Å²) in [6, 6.07) is 9.08. The number of nitrogens with two attached hydrogens (primary N) is 2. The molecule has 0 radical (unpaired) electrons. The normalized spacial score (nSPS) is 14.6. The summed E-state index contributed by atoms with van der Waals surface area (Å²) in [5.74, 6) is 6.22. The Labute approximate surface area is 236 Å². The number of carbonyl (C=O) groups excluding carboxylic acids is 1. The van der Waals surface area contributed by atoms with Gasteiger partial charge in [-0.1, -0.05) is 6.07 Å². The molecule has 1 saturated heterocycles.